The van der Waals surface area contributed by atoms with Crippen molar-refractivity contribution in [3.05, 3.63) is 46.8 Å². The number of hydrogen-bond donors (Lipinski definition) is 4. The summed E-state index contributed by atoms with van der Waals surface area (Å²) in [5, 5.41) is 9.07. The normalized spacial score (nSPS) is 15.3. The Morgan fingerprint density at radius 2 is 1.74 bits per heavy atom. The van der Waals surface area contributed by atoms with Crippen LogP contribution in [0.1, 0.15) is 62.0 Å². The van der Waals surface area contributed by atoms with Crippen molar-refractivity contribution in [2.75, 3.05) is 10.6 Å². The first-order valence-electron chi connectivity index (χ1n) is 11.4. The number of aryl methyl sites for hydroxylation is 2. The number of carbonyl (C=O) groups excluding carboxylic acids is 2. The first kappa shape index (κ1) is 25.3. The fourth-order valence-electron chi connectivity index (χ4n) is 3.90. The summed E-state index contributed by atoms with van der Waals surface area (Å²) in [7, 11) is 0. The number of amides is 2. The molecule has 1 fully saturated rings. The second-order valence-corrected chi connectivity index (χ2v) is 10.0. The molecule has 1 aliphatic rings. The van der Waals surface area contributed by atoms with Crippen LogP contribution in [0.25, 0.3) is 0 Å². The van der Waals surface area contributed by atoms with Gasteiger partial charge < -0.3 is 26.4 Å². The lowest BCUT2D eigenvalue weighted by Crippen LogP contribution is -2.47. The molecule has 0 radical (unpaired) electrons. The summed E-state index contributed by atoms with van der Waals surface area (Å²) in [6.07, 6.45) is 1.36. The maximum Gasteiger partial charge on any atom is 0.407 e. The summed E-state index contributed by atoms with van der Waals surface area (Å²) in [6.45, 7) is 11.1. The molecule has 1 heterocycles. The van der Waals surface area contributed by atoms with Crippen molar-refractivity contribution >= 4 is 29.3 Å². The Labute approximate surface area is 199 Å². The number of anilines is 3. The van der Waals surface area contributed by atoms with Gasteiger partial charge in [0.05, 0.1) is 11.6 Å². The van der Waals surface area contributed by atoms with Crippen LogP contribution >= 0.6 is 0 Å². The van der Waals surface area contributed by atoms with Gasteiger partial charge in [-0.1, -0.05) is 6.07 Å². The van der Waals surface area contributed by atoms with Gasteiger partial charge in [0.15, 0.2) is 11.6 Å². The van der Waals surface area contributed by atoms with Crippen LogP contribution in [-0.2, 0) is 4.74 Å². The summed E-state index contributed by atoms with van der Waals surface area (Å²) in [5.74, 6) is -1.11. The SMILES string of the molecule is Cc1cc(C)cc(Nc2nc(N[C@H](C3CC3)[C@H](C)NC(=O)OC(C)(C)C)c(F)cc2C(N)=O)c1. The van der Waals surface area contributed by atoms with E-state index in [1.807, 2.05) is 39.0 Å². The van der Waals surface area contributed by atoms with E-state index in [4.69, 9.17) is 10.5 Å². The number of aromatic nitrogens is 1. The molecule has 2 atom stereocenters. The van der Waals surface area contributed by atoms with Gasteiger partial charge in [0.2, 0.25) is 0 Å². The van der Waals surface area contributed by atoms with E-state index < -0.39 is 23.4 Å². The Kier molecular flexibility index (Phi) is 7.33. The number of ether oxygens (including phenoxy) is 1. The van der Waals surface area contributed by atoms with Crippen LogP contribution in [0.3, 0.4) is 0 Å². The first-order chi connectivity index (χ1) is 15.8. The number of nitrogens with two attached hydrogens (primary N) is 1. The highest BCUT2D eigenvalue weighted by Crippen LogP contribution is 2.36. The molecule has 0 aliphatic heterocycles. The third-order valence-electron chi connectivity index (χ3n) is 5.44. The van der Waals surface area contributed by atoms with Gasteiger partial charge in [-0.05, 0) is 89.6 Å². The predicted molar refractivity (Wildman–Crippen MR) is 131 cm³/mol. The second-order valence-electron chi connectivity index (χ2n) is 10.0. The number of benzene rings is 1. The van der Waals surface area contributed by atoms with Gasteiger partial charge in [0.25, 0.3) is 5.91 Å². The van der Waals surface area contributed by atoms with Crippen LogP contribution < -0.4 is 21.7 Å². The molecule has 8 nitrogen and oxygen atoms in total. The zero-order valence-corrected chi connectivity index (χ0v) is 20.6. The highest BCUT2D eigenvalue weighted by molar-refractivity contribution is 5.98. The number of primary amides is 1. The van der Waals surface area contributed by atoms with Gasteiger partial charge in [-0.25, -0.2) is 14.2 Å². The van der Waals surface area contributed by atoms with Gasteiger partial charge in [0, 0.05) is 11.7 Å². The molecule has 0 bridgehead atoms. The van der Waals surface area contributed by atoms with Crippen molar-refractivity contribution in [2.24, 2.45) is 11.7 Å². The molecule has 0 unspecified atom stereocenters. The number of nitrogens with one attached hydrogen (secondary N) is 3. The van der Waals surface area contributed by atoms with E-state index in [0.717, 1.165) is 30.0 Å². The molecule has 5 N–H and O–H groups in total. The number of rotatable bonds is 8. The summed E-state index contributed by atoms with van der Waals surface area (Å²) in [5.41, 5.74) is 7.58. The number of carbonyl (C=O) groups is 2. The highest BCUT2D eigenvalue weighted by Gasteiger charge is 2.37. The van der Waals surface area contributed by atoms with Crippen LogP contribution in [0.15, 0.2) is 24.3 Å². The molecule has 34 heavy (non-hydrogen) atoms. The van der Waals surface area contributed by atoms with E-state index >= 15 is 0 Å². The summed E-state index contributed by atoms with van der Waals surface area (Å²) in [4.78, 5) is 28.6. The largest absolute Gasteiger partial charge is 0.444 e. The monoisotopic (exact) mass is 471 g/mol. The quantitative estimate of drug-likeness (QED) is 0.440. The Bertz CT molecular complexity index is 1060. The number of pyridine rings is 1. The zero-order chi connectivity index (χ0) is 25.2. The molecule has 9 heteroatoms. The molecule has 1 saturated carbocycles. The predicted octanol–water partition coefficient (Wildman–Crippen LogP) is 4.78. The van der Waals surface area contributed by atoms with Crippen LogP contribution in [0.2, 0.25) is 0 Å². The van der Waals surface area contributed by atoms with Crippen molar-refractivity contribution in [3.8, 4) is 0 Å². The van der Waals surface area contributed by atoms with Crippen LogP contribution in [-0.4, -0.2) is 34.7 Å². The zero-order valence-electron chi connectivity index (χ0n) is 20.6. The van der Waals surface area contributed by atoms with Crippen LogP contribution in [0.5, 0.6) is 0 Å². The van der Waals surface area contributed by atoms with Crippen molar-refractivity contribution < 1.29 is 18.7 Å². The Balaban J connectivity index is 1.86. The van der Waals surface area contributed by atoms with Gasteiger partial charge in [-0.3, -0.25) is 4.79 Å². The van der Waals surface area contributed by atoms with Crippen LogP contribution in [0, 0.1) is 25.6 Å². The first-order valence-corrected chi connectivity index (χ1v) is 11.4. The summed E-state index contributed by atoms with van der Waals surface area (Å²) < 4.78 is 20.3. The van der Waals surface area contributed by atoms with E-state index in [9.17, 15) is 14.0 Å². The molecular formula is C25H34FN5O3. The summed E-state index contributed by atoms with van der Waals surface area (Å²) >= 11 is 0. The fraction of sp³-hybridized carbons (Fsp3) is 0.480. The number of halogens is 1. The Morgan fingerprint density at radius 1 is 1.12 bits per heavy atom. The molecule has 2 aromatic rings. The van der Waals surface area contributed by atoms with E-state index in [1.165, 1.54) is 0 Å². The van der Waals surface area contributed by atoms with E-state index in [1.54, 1.807) is 20.8 Å². The second kappa shape index (κ2) is 9.87. The maximum absolute atomic E-state index is 15.0. The van der Waals surface area contributed by atoms with E-state index in [2.05, 4.69) is 20.9 Å². The molecule has 1 aliphatic carbocycles. The maximum atomic E-state index is 15.0. The Morgan fingerprint density at radius 3 is 2.26 bits per heavy atom. The number of hydrogen-bond acceptors (Lipinski definition) is 6. The number of nitrogens with zero attached hydrogens (tertiary/aromatic N) is 1. The molecular weight excluding hydrogens is 437 g/mol. The van der Waals surface area contributed by atoms with E-state index in [-0.39, 0.29) is 35.2 Å². The molecule has 2 amide bonds. The molecule has 0 saturated heterocycles. The lowest BCUT2D eigenvalue weighted by atomic mass is 10.0. The van der Waals surface area contributed by atoms with Crippen LogP contribution in [0.4, 0.5) is 26.5 Å². The molecule has 1 aromatic carbocycles. The molecule has 184 valence electrons. The third kappa shape index (κ3) is 6.82. The molecule has 1 aromatic heterocycles. The van der Waals surface area contributed by atoms with Crippen molar-refractivity contribution in [2.45, 2.75) is 72.1 Å². The third-order valence-corrected chi connectivity index (χ3v) is 5.44. The number of alkyl carbamates (subject to hydrolysis) is 1. The molecule has 3 rings (SSSR count). The lowest BCUT2D eigenvalue weighted by Gasteiger charge is -2.28. The topological polar surface area (TPSA) is 118 Å². The highest BCUT2D eigenvalue weighted by atomic mass is 19.1. The van der Waals surface area contributed by atoms with Gasteiger partial charge in [-0.2, -0.15) is 0 Å². The van der Waals surface area contributed by atoms with Crippen molar-refractivity contribution in [1.29, 1.82) is 0 Å². The van der Waals surface area contributed by atoms with Gasteiger partial charge >= 0.3 is 6.09 Å². The van der Waals surface area contributed by atoms with Crippen molar-refractivity contribution in [3.63, 3.8) is 0 Å². The average molecular weight is 472 g/mol. The Hall–Kier alpha value is -3.36. The molecule has 0 spiro atoms. The minimum Gasteiger partial charge on any atom is -0.444 e. The van der Waals surface area contributed by atoms with Gasteiger partial charge in [-0.15, -0.1) is 0 Å². The standard InChI is InChI=1S/C25H34FN5O3/c1-13-9-14(2)11-17(10-13)29-22-18(21(27)32)12-19(26)23(31-22)30-20(16-7-8-16)15(3)28-24(33)34-25(4,5)6/h9-12,15-16,20H,7-8H2,1-6H3,(H2,27,32)(H,28,33)(H2,29,30,31)/t15-,20-/m0/s1. The fourth-order valence-corrected chi connectivity index (χ4v) is 3.90. The summed E-state index contributed by atoms with van der Waals surface area (Å²) in [6, 6.07) is 6.27. The minimum absolute atomic E-state index is 0.0217. The minimum atomic E-state index is -0.788. The van der Waals surface area contributed by atoms with Crippen molar-refractivity contribution in [1.82, 2.24) is 10.3 Å². The van der Waals surface area contributed by atoms with Gasteiger partial charge in [0.1, 0.15) is 11.4 Å². The average Bonchev–Trinajstić information content (AvgIpc) is 3.50. The smallest absolute Gasteiger partial charge is 0.407 e. The van der Waals surface area contributed by atoms with E-state index in [0.29, 0.717) is 5.69 Å². The lowest BCUT2D eigenvalue weighted by molar-refractivity contribution is 0.0501.